The Morgan fingerprint density at radius 3 is 2.51 bits per heavy atom. The molecule has 0 unspecified atom stereocenters. The normalized spacial score (nSPS) is 20.4. The van der Waals surface area contributed by atoms with Crippen molar-refractivity contribution in [1.82, 2.24) is 30.1 Å². The first-order valence-electron chi connectivity index (χ1n) is 16.5. The maximum Gasteiger partial charge on any atom is 0.320 e. The topological polar surface area (TPSA) is 120 Å². The van der Waals surface area contributed by atoms with Gasteiger partial charge in [0, 0.05) is 35.4 Å². The molecule has 1 aliphatic heterocycles. The fraction of sp³-hybridized carbons (Fsp3) is 0.405. The number of ether oxygens (including phenoxy) is 1. The van der Waals surface area contributed by atoms with Crippen LogP contribution in [0.25, 0.3) is 5.65 Å². The van der Waals surface area contributed by atoms with Crippen LogP contribution in [-0.2, 0) is 0 Å². The summed E-state index contributed by atoms with van der Waals surface area (Å²) in [6, 6.07) is 19.5. The van der Waals surface area contributed by atoms with E-state index in [0.29, 0.717) is 23.9 Å². The lowest BCUT2D eigenvalue weighted by Gasteiger charge is -2.32. The van der Waals surface area contributed by atoms with Crippen LogP contribution < -0.4 is 20.7 Å². The number of rotatable bonds is 8. The van der Waals surface area contributed by atoms with Crippen LogP contribution in [0.1, 0.15) is 87.0 Å². The molecule has 1 aliphatic carbocycles. The molecular formula is C37H46N8O2. The molecule has 2 aromatic carbocycles. The number of piperidine rings is 1. The van der Waals surface area contributed by atoms with Crippen LogP contribution in [0.3, 0.4) is 0 Å². The molecule has 10 heteroatoms. The molecule has 2 amide bonds. The summed E-state index contributed by atoms with van der Waals surface area (Å²) in [4.78, 5) is 15.8. The second kappa shape index (κ2) is 13.6. The lowest BCUT2D eigenvalue weighted by atomic mass is 9.85. The fourth-order valence-corrected chi connectivity index (χ4v) is 6.37. The van der Waals surface area contributed by atoms with Crippen molar-refractivity contribution in [2.75, 3.05) is 25.5 Å². The van der Waals surface area contributed by atoms with Gasteiger partial charge in [-0.2, -0.15) is 0 Å². The fourth-order valence-electron chi connectivity index (χ4n) is 6.37. The van der Waals surface area contributed by atoms with E-state index < -0.39 is 0 Å². The van der Waals surface area contributed by atoms with Crippen molar-refractivity contribution in [2.45, 2.75) is 71.4 Å². The Labute approximate surface area is 277 Å². The highest BCUT2D eigenvalue weighted by Gasteiger charge is 2.30. The van der Waals surface area contributed by atoms with Crippen molar-refractivity contribution in [2.24, 2.45) is 5.41 Å². The summed E-state index contributed by atoms with van der Waals surface area (Å²) in [7, 11) is 2.16. The van der Waals surface area contributed by atoms with E-state index in [4.69, 9.17) is 10.1 Å². The standard InChI is InChI=1S/C37H46N8O2/c1-24-12-14-26(15-13-24)39-33(21-32(38)37(2,3)4)41-36(46)40-30-17-18-31(29-11-7-6-10-28(29)30)47-27-16-19-34-42-43-35(45(34)23-27)25-9-8-20-44(5)22-25/h6-7,10-16,19,21,23,25,30-31,38-39H,8-9,17-18,20,22H2,1-5H3,(H2,40,41,46)/b33-21+,38-32?/t25-,30-,31+/m0/s1. The quantitative estimate of drug-likeness (QED) is 0.153. The van der Waals surface area contributed by atoms with Gasteiger partial charge in [-0.15, -0.1) is 10.2 Å². The van der Waals surface area contributed by atoms with Crippen LogP contribution in [0.4, 0.5) is 10.5 Å². The second-order valence-electron chi connectivity index (χ2n) is 13.9. The van der Waals surface area contributed by atoms with Gasteiger partial charge in [0.25, 0.3) is 0 Å². The number of fused-ring (bicyclic) bond motifs is 2. The molecule has 3 atom stereocenters. The molecule has 47 heavy (non-hydrogen) atoms. The minimum atomic E-state index is -0.372. The Balaban J connectivity index is 1.17. The number of benzene rings is 2. The largest absolute Gasteiger partial charge is 0.484 e. The number of likely N-dealkylation sites (tertiary alicyclic amines) is 1. The van der Waals surface area contributed by atoms with Crippen LogP contribution in [-0.4, -0.2) is 51.4 Å². The van der Waals surface area contributed by atoms with Crippen molar-refractivity contribution in [3.63, 3.8) is 0 Å². The second-order valence-corrected chi connectivity index (χ2v) is 13.9. The molecule has 0 bridgehead atoms. The number of urea groups is 1. The lowest BCUT2D eigenvalue weighted by molar-refractivity contribution is 0.171. The van der Waals surface area contributed by atoms with Crippen LogP contribution in [0.2, 0.25) is 0 Å². The van der Waals surface area contributed by atoms with Crippen molar-refractivity contribution >= 4 is 23.1 Å². The Morgan fingerprint density at radius 1 is 1.00 bits per heavy atom. The number of hydrogen-bond acceptors (Lipinski definition) is 7. The van der Waals surface area contributed by atoms with Gasteiger partial charge < -0.3 is 25.7 Å². The monoisotopic (exact) mass is 634 g/mol. The molecule has 3 heterocycles. The first kappa shape index (κ1) is 32.2. The summed E-state index contributed by atoms with van der Waals surface area (Å²) in [5.74, 6) is 2.54. The van der Waals surface area contributed by atoms with Gasteiger partial charge in [-0.3, -0.25) is 9.72 Å². The number of likely N-dealkylation sites (N-methyl/N-ethyl adjacent to an activating group) is 1. The van der Waals surface area contributed by atoms with Crippen LogP contribution >= 0.6 is 0 Å². The average Bonchev–Trinajstić information content (AvgIpc) is 3.46. The summed E-state index contributed by atoms with van der Waals surface area (Å²) in [6.45, 7) is 10.1. The van der Waals surface area contributed by atoms with Crippen molar-refractivity contribution in [3.8, 4) is 5.75 Å². The first-order valence-corrected chi connectivity index (χ1v) is 16.5. The number of aromatic nitrogens is 3. The molecule has 0 spiro atoms. The third kappa shape index (κ3) is 7.65. The molecule has 246 valence electrons. The molecule has 0 saturated carbocycles. The van der Waals surface area contributed by atoms with E-state index in [9.17, 15) is 4.79 Å². The number of pyridine rings is 1. The van der Waals surface area contributed by atoms with Crippen molar-refractivity contribution < 1.29 is 9.53 Å². The zero-order valence-electron chi connectivity index (χ0n) is 28.0. The summed E-state index contributed by atoms with van der Waals surface area (Å²) >= 11 is 0. The Bertz CT molecular complexity index is 1770. The number of anilines is 1. The van der Waals surface area contributed by atoms with Crippen molar-refractivity contribution in [3.05, 3.63) is 101 Å². The van der Waals surface area contributed by atoms with Gasteiger partial charge in [0.15, 0.2) is 5.65 Å². The minimum Gasteiger partial charge on any atom is -0.484 e. The highest BCUT2D eigenvalue weighted by molar-refractivity contribution is 5.97. The Hall–Kier alpha value is -4.70. The van der Waals surface area contributed by atoms with E-state index in [1.807, 2.05) is 82.4 Å². The smallest absolute Gasteiger partial charge is 0.320 e. The van der Waals surface area contributed by atoms with E-state index in [2.05, 4.69) is 54.6 Å². The molecule has 10 nitrogen and oxygen atoms in total. The summed E-state index contributed by atoms with van der Waals surface area (Å²) in [5, 5.41) is 27.0. The zero-order valence-corrected chi connectivity index (χ0v) is 28.0. The number of amides is 2. The van der Waals surface area contributed by atoms with E-state index in [0.717, 1.165) is 72.0 Å². The number of allylic oxidation sites excluding steroid dienone is 1. The number of aryl methyl sites for hydroxylation is 1. The van der Waals surface area contributed by atoms with Gasteiger partial charge in [-0.05, 0) is 81.6 Å². The first-order chi connectivity index (χ1) is 22.5. The van der Waals surface area contributed by atoms with E-state index >= 15 is 0 Å². The maximum absolute atomic E-state index is 13.4. The van der Waals surface area contributed by atoms with Gasteiger partial charge in [0.05, 0.1) is 12.2 Å². The van der Waals surface area contributed by atoms with Crippen LogP contribution in [0.15, 0.2) is 78.8 Å². The maximum atomic E-state index is 13.4. The predicted molar refractivity (Wildman–Crippen MR) is 186 cm³/mol. The minimum absolute atomic E-state index is 0.156. The predicted octanol–water partition coefficient (Wildman–Crippen LogP) is 7.12. The average molecular weight is 635 g/mol. The molecule has 4 N–H and O–H groups in total. The molecular weight excluding hydrogens is 588 g/mol. The third-order valence-electron chi connectivity index (χ3n) is 9.09. The van der Waals surface area contributed by atoms with Crippen molar-refractivity contribution in [1.29, 1.82) is 5.41 Å². The summed E-state index contributed by atoms with van der Waals surface area (Å²) in [5.41, 5.74) is 4.92. The molecule has 1 fully saturated rings. The summed E-state index contributed by atoms with van der Waals surface area (Å²) in [6.07, 6.45) is 7.25. The number of hydrogen-bond donors (Lipinski definition) is 4. The van der Waals surface area contributed by atoms with E-state index in [1.165, 1.54) is 0 Å². The Morgan fingerprint density at radius 2 is 1.77 bits per heavy atom. The van der Waals surface area contributed by atoms with E-state index in [1.54, 1.807) is 6.08 Å². The lowest BCUT2D eigenvalue weighted by Crippen LogP contribution is -2.41. The van der Waals surface area contributed by atoms with E-state index in [-0.39, 0.29) is 23.6 Å². The third-order valence-corrected chi connectivity index (χ3v) is 9.09. The number of nitrogens with zero attached hydrogens (tertiary/aromatic N) is 4. The van der Waals surface area contributed by atoms with Crippen LogP contribution in [0, 0.1) is 17.7 Å². The highest BCUT2D eigenvalue weighted by Crippen LogP contribution is 2.39. The number of nitrogens with one attached hydrogen (secondary N) is 4. The van der Waals surface area contributed by atoms with Gasteiger partial charge in [-0.1, -0.05) is 62.7 Å². The van der Waals surface area contributed by atoms with Gasteiger partial charge >= 0.3 is 6.03 Å². The Kier molecular flexibility index (Phi) is 9.31. The molecule has 0 radical (unpaired) electrons. The number of carbonyl (C=O) groups excluding carboxylic acids is 1. The zero-order chi connectivity index (χ0) is 33.1. The van der Waals surface area contributed by atoms with Crippen LogP contribution in [0.5, 0.6) is 5.75 Å². The molecule has 4 aromatic rings. The molecule has 2 aromatic heterocycles. The van der Waals surface area contributed by atoms with Gasteiger partial charge in [0.1, 0.15) is 23.5 Å². The highest BCUT2D eigenvalue weighted by atomic mass is 16.5. The van der Waals surface area contributed by atoms with Gasteiger partial charge in [0.2, 0.25) is 0 Å². The SMILES string of the molecule is Cc1ccc(N/C(=C\C(=N)C(C)(C)C)NC(=O)N[C@H]2CC[C@@H](Oc3ccc4nnc([C@H]5CCCN(C)C5)n4c3)c3ccccc32)cc1. The number of carbonyl (C=O) groups is 1. The molecule has 6 rings (SSSR count). The van der Waals surface area contributed by atoms with Gasteiger partial charge in [-0.25, -0.2) is 4.79 Å². The molecule has 2 aliphatic rings. The molecule has 1 saturated heterocycles. The summed E-state index contributed by atoms with van der Waals surface area (Å²) < 4.78 is 8.71.